The van der Waals surface area contributed by atoms with E-state index in [-0.39, 0.29) is 12.2 Å². The lowest BCUT2D eigenvalue weighted by Crippen LogP contribution is -2.46. The van der Waals surface area contributed by atoms with Crippen LogP contribution in [0.1, 0.15) is 60.3 Å². The molecule has 0 aromatic heterocycles. The highest BCUT2D eigenvalue weighted by Crippen LogP contribution is 2.41. The van der Waals surface area contributed by atoms with Gasteiger partial charge in [-0.25, -0.2) is 0 Å². The summed E-state index contributed by atoms with van der Waals surface area (Å²) in [5.74, 6) is 0.813. The maximum Gasteiger partial charge on any atom is 0.241 e. The Kier molecular flexibility index (Phi) is 3.72. The summed E-state index contributed by atoms with van der Waals surface area (Å²) < 4.78 is 0. The largest absolute Gasteiger partial charge is 0.323 e. The fourth-order valence-electron chi connectivity index (χ4n) is 3.52. The molecule has 1 saturated heterocycles. The van der Waals surface area contributed by atoms with Gasteiger partial charge >= 0.3 is 0 Å². The average molecular weight is 252 g/mol. The van der Waals surface area contributed by atoms with Crippen LogP contribution in [0, 0.1) is 11.3 Å². The number of carbonyl (C=O) groups is 1. The Morgan fingerprint density at radius 3 is 2.56 bits per heavy atom. The van der Waals surface area contributed by atoms with Gasteiger partial charge < -0.3 is 4.90 Å². The van der Waals surface area contributed by atoms with E-state index in [1.54, 1.807) is 0 Å². The maximum atomic E-state index is 12.5. The summed E-state index contributed by atoms with van der Waals surface area (Å²) in [6.07, 6.45) is 4.69. The van der Waals surface area contributed by atoms with Crippen molar-refractivity contribution in [2.24, 2.45) is 11.3 Å². The van der Waals surface area contributed by atoms with Crippen molar-refractivity contribution in [2.45, 2.75) is 78.6 Å². The van der Waals surface area contributed by atoms with Crippen molar-refractivity contribution in [1.82, 2.24) is 10.2 Å². The lowest BCUT2D eigenvalue weighted by atomic mass is 9.91. The number of hydrogen-bond donors (Lipinski definition) is 1. The van der Waals surface area contributed by atoms with Crippen molar-refractivity contribution in [3.63, 3.8) is 0 Å². The van der Waals surface area contributed by atoms with Gasteiger partial charge in [0.1, 0.15) is 0 Å². The number of amides is 1. The molecule has 1 amide bonds. The summed E-state index contributed by atoms with van der Waals surface area (Å²) in [4.78, 5) is 14.7. The molecule has 2 aliphatic rings. The molecule has 3 heteroatoms. The van der Waals surface area contributed by atoms with Crippen LogP contribution in [0.4, 0.5) is 0 Å². The quantitative estimate of drug-likeness (QED) is 0.837. The highest BCUT2D eigenvalue weighted by molar-refractivity contribution is 5.84. The molecule has 0 spiro atoms. The first-order valence-corrected chi connectivity index (χ1v) is 7.44. The van der Waals surface area contributed by atoms with Crippen molar-refractivity contribution in [2.75, 3.05) is 0 Å². The van der Waals surface area contributed by atoms with Gasteiger partial charge in [0.2, 0.25) is 5.91 Å². The Balaban J connectivity index is 2.16. The smallest absolute Gasteiger partial charge is 0.241 e. The average Bonchev–Trinajstić information content (AvgIpc) is 2.78. The SMILES string of the molecule is CCC1NC(C(C)C)N(C2CCC(C)(C)C2)C1=O. The minimum Gasteiger partial charge on any atom is -0.323 e. The molecule has 3 nitrogen and oxygen atoms in total. The molecule has 104 valence electrons. The van der Waals surface area contributed by atoms with Crippen LogP contribution in [0.5, 0.6) is 0 Å². The molecule has 3 unspecified atom stereocenters. The molecule has 2 rings (SSSR count). The van der Waals surface area contributed by atoms with Crippen LogP contribution < -0.4 is 5.32 Å². The number of nitrogens with zero attached hydrogens (tertiary/aromatic N) is 1. The molecule has 3 atom stereocenters. The van der Waals surface area contributed by atoms with E-state index >= 15 is 0 Å². The second-order valence-electron chi connectivity index (χ2n) is 7.12. The van der Waals surface area contributed by atoms with E-state index in [0.29, 0.717) is 23.3 Å². The molecule has 1 aliphatic carbocycles. The lowest BCUT2D eigenvalue weighted by Gasteiger charge is -2.33. The normalized spacial score (nSPS) is 35.8. The predicted molar refractivity (Wildman–Crippen MR) is 74.1 cm³/mol. The van der Waals surface area contributed by atoms with E-state index in [0.717, 1.165) is 12.8 Å². The zero-order chi connectivity index (χ0) is 13.5. The Bertz CT molecular complexity index is 324. The third kappa shape index (κ3) is 2.42. The molecule has 0 aromatic carbocycles. The van der Waals surface area contributed by atoms with Crippen LogP contribution in [0.25, 0.3) is 0 Å². The van der Waals surface area contributed by atoms with E-state index in [9.17, 15) is 4.79 Å². The summed E-state index contributed by atoms with van der Waals surface area (Å²) in [5.41, 5.74) is 0.400. The van der Waals surface area contributed by atoms with Gasteiger partial charge in [0.25, 0.3) is 0 Å². The van der Waals surface area contributed by atoms with E-state index in [1.807, 2.05) is 0 Å². The van der Waals surface area contributed by atoms with Gasteiger partial charge in [-0.2, -0.15) is 0 Å². The maximum absolute atomic E-state index is 12.5. The van der Waals surface area contributed by atoms with Gasteiger partial charge in [-0.1, -0.05) is 34.6 Å². The summed E-state index contributed by atoms with van der Waals surface area (Å²) in [5, 5.41) is 3.52. The van der Waals surface area contributed by atoms with Crippen molar-refractivity contribution >= 4 is 5.91 Å². The van der Waals surface area contributed by atoms with Crippen LogP contribution in [0.15, 0.2) is 0 Å². The molecule has 1 saturated carbocycles. The summed E-state index contributed by atoms with van der Waals surface area (Å²) in [6, 6.07) is 0.491. The predicted octanol–water partition coefficient (Wildman–Crippen LogP) is 2.76. The molecule has 1 heterocycles. The number of nitrogens with one attached hydrogen (secondary N) is 1. The molecular weight excluding hydrogens is 224 g/mol. The fourth-order valence-corrected chi connectivity index (χ4v) is 3.52. The van der Waals surface area contributed by atoms with Crippen molar-refractivity contribution in [3.05, 3.63) is 0 Å². The van der Waals surface area contributed by atoms with E-state index in [2.05, 4.69) is 44.8 Å². The molecule has 1 N–H and O–H groups in total. The third-order valence-corrected chi connectivity index (χ3v) is 4.60. The van der Waals surface area contributed by atoms with Crippen molar-refractivity contribution in [1.29, 1.82) is 0 Å². The first-order valence-electron chi connectivity index (χ1n) is 7.44. The fraction of sp³-hybridized carbons (Fsp3) is 0.933. The molecular formula is C15H28N2O. The Morgan fingerprint density at radius 2 is 2.11 bits per heavy atom. The Labute approximate surface area is 111 Å². The highest BCUT2D eigenvalue weighted by Gasteiger charge is 2.46. The van der Waals surface area contributed by atoms with E-state index in [1.165, 1.54) is 12.8 Å². The van der Waals surface area contributed by atoms with E-state index < -0.39 is 0 Å². The minimum absolute atomic E-state index is 0.0427. The topological polar surface area (TPSA) is 32.3 Å². The molecule has 0 bridgehead atoms. The second kappa shape index (κ2) is 4.84. The highest BCUT2D eigenvalue weighted by atomic mass is 16.2. The zero-order valence-corrected chi connectivity index (χ0v) is 12.5. The summed E-state index contributed by atoms with van der Waals surface area (Å²) in [7, 11) is 0. The van der Waals surface area contributed by atoms with E-state index in [4.69, 9.17) is 0 Å². The summed E-state index contributed by atoms with van der Waals surface area (Å²) >= 11 is 0. The van der Waals surface area contributed by atoms with Crippen LogP contribution >= 0.6 is 0 Å². The molecule has 1 aliphatic heterocycles. The zero-order valence-electron chi connectivity index (χ0n) is 12.5. The summed E-state index contributed by atoms with van der Waals surface area (Å²) in [6.45, 7) is 11.1. The first kappa shape index (κ1) is 13.9. The van der Waals surface area contributed by atoms with Crippen molar-refractivity contribution < 1.29 is 4.79 Å². The van der Waals surface area contributed by atoms with Crippen molar-refractivity contribution in [3.8, 4) is 0 Å². The van der Waals surface area contributed by atoms with Crippen LogP contribution in [0.2, 0.25) is 0 Å². The van der Waals surface area contributed by atoms with Gasteiger partial charge in [0, 0.05) is 6.04 Å². The standard InChI is InChI=1S/C15H28N2O/c1-6-12-14(18)17(13(16-12)10(2)3)11-7-8-15(4,5)9-11/h10-13,16H,6-9H2,1-5H3. The Morgan fingerprint density at radius 1 is 1.44 bits per heavy atom. The van der Waals surface area contributed by atoms with Crippen LogP contribution in [0.3, 0.4) is 0 Å². The van der Waals surface area contributed by atoms with Crippen LogP contribution in [-0.2, 0) is 4.79 Å². The second-order valence-corrected chi connectivity index (χ2v) is 7.12. The molecule has 0 radical (unpaired) electrons. The van der Waals surface area contributed by atoms with Crippen LogP contribution in [-0.4, -0.2) is 29.1 Å². The van der Waals surface area contributed by atoms with Gasteiger partial charge in [0.15, 0.2) is 0 Å². The molecule has 0 aromatic rings. The molecule has 18 heavy (non-hydrogen) atoms. The van der Waals surface area contributed by atoms with Gasteiger partial charge in [-0.05, 0) is 37.0 Å². The van der Waals surface area contributed by atoms with Gasteiger partial charge in [-0.3, -0.25) is 10.1 Å². The monoisotopic (exact) mass is 252 g/mol. The molecule has 2 fully saturated rings. The number of rotatable bonds is 3. The van der Waals surface area contributed by atoms with Gasteiger partial charge in [-0.15, -0.1) is 0 Å². The Hall–Kier alpha value is -0.570. The number of carbonyl (C=O) groups excluding carboxylic acids is 1. The third-order valence-electron chi connectivity index (χ3n) is 4.60. The minimum atomic E-state index is 0.0427. The van der Waals surface area contributed by atoms with Gasteiger partial charge in [0.05, 0.1) is 12.2 Å². The lowest BCUT2D eigenvalue weighted by molar-refractivity contribution is -0.133. The first-order chi connectivity index (χ1) is 8.35. The number of hydrogen-bond acceptors (Lipinski definition) is 2.